The molecule has 2 fully saturated rings. The van der Waals surface area contributed by atoms with Gasteiger partial charge in [-0.15, -0.1) is 24.0 Å². The third kappa shape index (κ3) is 7.04. The first-order valence-electron chi connectivity index (χ1n) is 10.6. The van der Waals surface area contributed by atoms with Gasteiger partial charge in [-0.1, -0.05) is 31.0 Å². The maximum atomic E-state index is 12.6. The van der Waals surface area contributed by atoms with E-state index in [-0.39, 0.29) is 35.9 Å². The van der Waals surface area contributed by atoms with Gasteiger partial charge >= 0.3 is 0 Å². The van der Waals surface area contributed by atoms with Crippen LogP contribution in [0.5, 0.6) is 5.75 Å². The molecule has 3 rings (SSSR count). The highest BCUT2D eigenvalue weighted by Gasteiger charge is 2.32. The van der Waals surface area contributed by atoms with Crippen LogP contribution >= 0.6 is 24.0 Å². The number of amides is 1. The van der Waals surface area contributed by atoms with Crippen molar-refractivity contribution in [2.24, 2.45) is 10.9 Å². The van der Waals surface area contributed by atoms with Gasteiger partial charge < -0.3 is 20.3 Å². The highest BCUT2D eigenvalue weighted by atomic mass is 127. The molecule has 0 spiro atoms. The van der Waals surface area contributed by atoms with E-state index in [2.05, 4.69) is 28.6 Å². The lowest BCUT2D eigenvalue weighted by Gasteiger charge is -2.21. The Kier molecular flexibility index (Phi) is 10.0. The minimum Gasteiger partial charge on any atom is -0.493 e. The first-order chi connectivity index (χ1) is 13.7. The predicted molar refractivity (Wildman–Crippen MR) is 128 cm³/mol. The minimum atomic E-state index is 0. The van der Waals surface area contributed by atoms with Crippen molar-refractivity contribution in [1.82, 2.24) is 15.5 Å². The van der Waals surface area contributed by atoms with Crippen molar-refractivity contribution >= 4 is 35.8 Å². The Morgan fingerprint density at radius 1 is 1.24 bits per heavy atom. The Hall–Kier alpha value is -1.51. The van der Waals surface area contributed by atoms with E-state index in [1.165, 1.54) is 12.8 Å². The molecule has 6 nitrogen and oxygen atoms in total. The quantitative estimate of drug-likeness (QED) is 0.254. The van der Waals surface area contributed by atoms with Crippen molar-refractivity contribution < 1.29 is 9.53 Å². The monoisotopic (exact) mass is 514 g/mol. The molecular formula is C22H35IN4O2. The molecule has 2 N–H and O–H groups in total. The number of aryl methyl sites for hydroxylation is 1. The molecule has 1 heterocycles. The zero-order valence-electron chi connectivity index (χ0n) is 17.7. The summed E-state index contributed by atoms with van der Waals surface area (Å²) >= 11 is 0. The average molecular weight is 514 g/mol. The number of para-hydroxylation sites is 1. The van der Waals surface area contributed by atoms with Gasteiger partial charge in [-0.2, -0.15) is 0 Å². The van der Waals surface area contributed by atoms with Crippen LogP contribution in [0.25, 0.3) is 0 Å². The molecular weight excluding hydrogens is 479 g/mol. The zero-order valence-corrected chi connectivity index (χ0v) is 20.0. The summed E-state index contributed by atoms with van der Waals surface area (Å²) in [6.45, 7) is 5.16. The molecule has 1 saturated carbocycles. The van der Waals surface area contributed by atoms with Gasteiger partial charge in [0.1, 0.15) is 5.75 Å². The van der Waals surface area contributed by atoms with Crippen molar-refractivity contribution in [3.05, 3.63) is 29.8 Å². The van der Waals surface area contributed by atoms with Gasteiger partial charge in [0.25, 0.3) is 0 Å². The summed E-state index contributed by atoms with van der Waals surface area (Å²) in [6.07, 6.45) is 6.43. The Bertz CT molecular complexity index is 677. The van der Waals surface area contributed by atoms with E-state index in [4.69, 9.17) is 4.74 Å². The van der Waals surface area contributed by atoms with Crippen LogP contribution in [-0.2, 0) is 4.79 Å². The first kappa shape index (κ1) is 23.8. The molecule has 2 aliphatic rings. The van der Waals surface area contributed by atoms with Gasteiger partial charge in [-0.3, -0.25) is 9.79 Å². The summed E-state index contributed by atoms with van der Waals surface area (Å²) in [4.78, 5) is 18.9. The smallest absolute Gasteiger partial charge is 0.225 e. The molecule has 1 atom stereocenters. The van der Waals surface area contributed by atoms with E-state index < -0.39 is 0 Å². The molecule has 0 aromatic heterocycles. The Balaban J connectivity index is 0.00000300. The van der Waals surface area contributed by atoms with E-state index in [1.807, 2.05) is 23.1 Å². The second-order valence-corrected chi connectivity index (χ2v) is 7.86. The number of aliphatic imine (C=N–C) groups is 1. The van der Waals surface area contributed by atoms with E-state index >= 15 is 0 Å². The number of carbonyl (C=O) groups excluding carboxylic acids is 1. The fraction of sp³-hybridized carbons (Fsp3) is 0.636. The molecule has 1 aliphatic carbocycles. The number of nitrogens with one attached hydrogen (secondary N) is 2. The topological polar surface area (TPSA) is 66.0 Å². The lowest BCUT2D eigenvalue weighted by Crippen LogP contribution is -2.45. The van der Waals surface area contributed by atoms with Crippen LogP contribution < -0.4 is 15.4 Å². The predicted octanol–water partition coefficient (Wildman–Crippen LogP) is 3.34. The number of nitrogens with zero attached hydrogens (tertiary/aromatic N) is 2. The van der Waals surface area contributed by atoms with E-state index in [1.54, 1.807) is 7.05 Å². The SMILES string of the molecule is CN=C(NCCCOc1ccccc1C)NC1CCN(C(=O)C2CCCC2)C1.I. The first-order valence-corrected chi connectivity index (χ1v) is 10.6. The van der Waals surface area contributed by atoms with Crippen LogP contribution in [0, 0.1) is 12.8 Å². The molecule has 0 bridgehead atoms. The average Bonchev–Trinajstić information content (AvgIpc) is 3.40. The number of halogens is 1. The summed E-state index contributed by atoms with van der Waals surface area (Å²) in [5, 5.41) is 6.81. The summed E-state index contributed by atoms with van der Waals surface area (Å²) in [6, 6.07) is 8.35. The summed E-state index contributed by atoms with van der Waals surface area (Å²) in [7, 11) is 1.79. The van der Waals surface area contributed by atoms with Gasteiger partial charge in [0, 0.05) is 38.6 Å². The largest absolute Gasteiger partial charge is 0.493 e. The molecule has 162 valence electrons. The third-order valence-corrected chi connectivity index (χ3v) is 5.73. The van der Waals surface area contributed by atoms with Crippen LogP contribution in [0.2, 0.25) is 0 Å². The highest BCUT2D eigenvalue weighted by molar-refractivity contribution is 14.0. The molecule has 0 radical (unpaired) electrons. The molecule has 1 aromatic rings. The number of benzene rings is 1. The van der Waals surface area contributed by atoms with Crippen LogP contribution in [0.1, 0.15) is 44.1 Å². The molecule has 1 amide bonds. The summed E-state index contributed by atoms with van der Waals surface area (Å²) < 4.78 is 5.83. The lowest BCUT2D eigenvalue weighted by molar-refractivity contribution is -0.134. The minimum absolute atomic E-state index is 0. The fourth-order valence-corrected chi connectivity index (χ4v) is 4.08. The van der Waals surface area contributed by atoms with Gasteiger partial charge in [0.05, 0.1) is 6.61 Å². The highest BCUT2D eigenvalue weighted by Crippen LogP contribution is 2.27. The molecule has 1 aliphatic heterocycles. The van der Waals surface area contributed by atoms with Crippen molar-refractivity contribution in [3.63, 3.8) is 0 Å². The summed E-state index contributed by atoms with van der Waals surface area (Å²) in [5.41, 5.74) is 1.16. The number of hydrogen-bond donors (Lipinski definition) is 2. The van der Waals surface area contributed by atoms with Crippen LogP contribution in [0.3, 0.4) is 0 Å². The maximum Gasteiger partial charge on any atom is 0.225 e. The zero-order chi connectivity index (χ0) is 19.8. The summed E-state index contributed by atoms with van der Waals surface area (Å²) in [5.74, 6) is 2.38. The van der Waals surface area contributed by atoms with Crippen molar-refractivity contribution in [2.45, 2.75) is 51.5 Å². The molecule has 1 unspecified atom stereocenters. The second kappa shape index (κ2) is 12.2. The number of hydrogen-bond acceptors (Lipinski definition) is 3. The Morgan fingerprint density at radius 3 is 2.72 bits per heavy atom. The third-order valence-electron chi connectivity index (χ3n) is 5.73. The number of ether oxygens (including phenoxy) is 1. The van der Waals surface area contributed by atoms with Crippen molar-refractivity contribution in [2.75, 3.05) is 33.3 Å². The van der Waals surface area contributed by atoms with Gasteiger partial charge in [-0.25, -0.2) is 0 Å². The number of guanidine groups is 1. The second-order valence-electron chi connectivity index (χ2n) is 7.86. The fourth-order valence-electron chi connectivity index (χ4n) is 4.08. The van der Waals surface area contributed by atoms with Crippen LogP contribution in [0.4, 0.5) is 0 Å². The van der Waals surface area contributed by atoms with Crippen LogP contribution in [0.15, 0.2) is 29.3 Å². The van der Waals surface area contributed by atoms with Crippen molar-refractivity contribution in [1.29, 1.82) is 0 Å². The van der Waals surface area contributed by atoms with Gasteiger partial charge in [0.2, 0.25) is 5.91 Å². The van der Waals surface area contributed by atoms with E-state index in [0.29, 0.717) is 12.5 Å². The van der Waals surface area contributed by atoms with E-state index in [0.717, 1.165) is 62.6 Å². The Morgan fingerprint density at radius 2 is 2.00 bits per heavy atom. The maximum absolute atomic E-state index is 12.6. The molecule has 29 heavy (non-hydrogen) atoms. The molecule has 1 aromatic carbocycles. The molecule has 1 saturated heterocycles. The lowest BCUT2D eigenvalue weighted by atomic mass is 10.1. The number of carbonyl (C=O) groups is 1. The van der Waals surface area contributed by atoms with Crippen LogP contribution in [-0.4, -0.2) is 56.1 Å². The van der Waals surface area contributed by atoms with Gasteiger partial charge in [-0.05, 0) is 44.2 Å². The van der Waals surface area contributed by atoms with Gasteiger partial charge in [0.15, 0.2) is 5.96 Å². The van der Waals surface area contributed by atoms with E-state index in [9.17, 15) is 4.79 Å². The standard InChI is InChI=1S/C22H34N4O2.HI/c1-17-8-3-6-11-20(17)28-15-7-13-24-22(23-2)25-19-12-14-26(16-19)21(27)18-9-4-5-10-18;/h3,6,8,11,18-19H,4-5,7,9-10,12-16H2,1-2H3,(H2,23,24,25);1H. The number of likely N-dealkylation sites (tertiary alicyclic amines) is 1. The normalized spacial score (nSPS) is 19.7. The number of rotatable bonds is 7. The molecule has 7 heteroatoms. The Labute approximate surface area is 191 Å². The van der Waals surface area contributed by atoms with Crippen molar-refractivity contribution in [3.8, 4) is 5.75 Å².